The van der Waals surface area contributed by atoms with Crippen molar-refractivity contribution in [3.63, 3.8) is 0 Å². The molecule has 0 unspecified atom stereocenters. The third-order valence-electron chi connectivity index (χ3n) is 3.69. The van der Waals surface area contributed by atoms with Crippen LogP contribution in [0.1, 0.15) is 5.69 Å². The van der Waals surface area contributed by atoms with Gasteiger partial charge < -0.3 is 0 Å². The summed E-state index contributed by atoms with van der Waals surface area (Å²) in [4.78, 5) is 13.7. The molecule has 0 saturated carbocycles. The van der Waals surface area contributed by atoms with Crippen molar-refractivity contribution in [3.8, 4) is 22.2 Å². The van der Waals surface area contributed by atoms with Crippen LogP contribution in [0.3, 0.4) is 0 Å². The molecule has 0 bridgehead atoms. The Hall–Kier alpha value is -3.20. The average Bonchev–Trinajstić information content (AvgIpc) is 3.27. The molecule has 0 fully saturated rings. The smallest absolute Gasteiger partial charge is 0.235 e. The van der Waals surface area contributed by atoms with Gasteiger partial charge in [-0.15, -0.1) is 10.2 Å². The molecule has 5 heterocycles. The maximum absolute atomic E-state index is 4.61. The van der Waals surface area contributed by atoms with Gasteiger partial charge in [-0.2, -0.15) is 9.61 Å². The first kappa shape index (κ1) is 13.3. The summed E-state index contributed by atoms with van der Waals surface area (Å²) in [7, 11) is 0. The van der Waals surface area contributed by atoms with Gasteiger partial charge in [-0.05, 0) is 19.1 Å². The van der Waals surface area contributed by atoms with Gasteiger partial charge in [-0.3, -0.25) is 14.4 Å². The van der Waals surface area contributed by atoms with Gasteiger partial charge in [0.1, 0.15) is 17.0 Å². The normalized spacial score (nSPS) is 11.5. The zero-order valence-electron chi connectivity index (χ0n) is 12.5. The predicted molar refractivity (Wildman–Crippen MR) is 88.6 cm³/mol. The van der Waals surface area contributed by atoms with E-state index >= 15 is 0 Å². The molecule has 0 radical (unpaired) electrons. The third kappa shape index (κ3) is 1.85. The fourth-order valence-corrected chi connectivity index (χ4v) is 3.46. The molecule has 0 aliphatic heterocycles. The summed E-state index contributed by atoms with van der Waals surface area (Å²) in [6.45, 7) is 1.96. The number of fused-ring (bicyclic) bond motifs is 2. The summed E-state index contributed by atoms with van der Waals surface area (Å²) in [6.07, 6.45) is 6.93. The van der Waals surface area contributed by atoms with Crippen LogP contribution >= 0.6 is 11.3 Å². The monoisotopic (exact) mass is 334 g/mol. The molecule has 0 N–H and O–H groups in total. The van der Waals surface area contributed by atoms with Gasteiger partial charge in [0, 0.05) is 18.6 Å². The van der Waals surface area contributed by atoms with Crippen LogP contribution in [-0.2, 0) is 0 Å². The lowest BCUT2D eigenvalue weighted by Gasteiger charge is -1.99. The first-order valence-electron chi connectivity index (χ1n) is 7.24. The molecule has 24 heavy (non-hydrogen) atoms. The molecular formula is C15H10N8S. The van der Waals surface area contributed by atoms with E-state index < -0.39 is 0 Å². The minimum Gasteiger partial charge on any atom is -0.297 e. The Morgan fingerprint density at radius 3 is 2.96 bits per heavy atom. The van der Waals surface area contributed by atoms with Crippen molar-refractivity contribution in [2.45, 2.75) is 6.92 Å². The summed E-state index contributed by atoms with van der Waals surface area (Å²) in [5.41, 5.74) is 3.35. The lowest BCUT2D eigenvalue weighted by Crippen LogP contribution is -1.96. The van der Waals surface area contributed by atoms with E-state index in [1.165, 1.54) is 11.3 Å². The third-order valence-corrected chi connectivity index (χ3v) is 4.61. The maximum Gasteiger partial charge on any atom is 0.235 e. The second-order valence-corrected chi connectivity index (χ2v) is 6.15. The molecule has 0 aromatic carbocycles. The number of nitrogens with zero attached hydrogens (tertiary/aromatic N) is 8. The van der Waals surface area contributed by atoms with E-state index in [1.54, 1.807) is 23.1 Å². The Kier molecular flexibility index (Phi) is 2.71. The lowest BCUT2D eigenvalue weighted by atomic mass is 10.3. The van der Waals surface area contributed by atoms with Crippen molar-refractivity contribution < 1.29 is 0 Å². The minimum atomic E-state index is 0.660. The van der Waals surface area contributed by atoms with E-state index in [-0.39, 0.29) is 0 Å². The molecular weight excluding hydrogens is 324 g/mol. The summed E-state index contributed by atoms with van der Waals surface area (Å²) in [6, 6.07) is 5.88. The van der Waals surface area contributed by atoms with Crippen LogP contribution in [-0.4, -0.2) is 39.2 Å². The van der Waals surface area contributed by atoms with Gasteiger partial charge in [-0.25, -0.2) is 4.98 Å². The highest BCUT2D eigenvalue weighted by Crippen LogP contribution is 2.28. The quantitative estimate of drug-likeness (QED) is 0.492. The van der Waals surface area contributed by atoms with Crippen LogP contribution in [0, 0.1) is 6.92 Å². The van der Waals surface area contributed by atoms with Crippen molar-refractivity contribution in [3.05, 3.63) is 48.7 Å². The van der Waals surface area contributed by atoms with E-state index in [0.29, 0.717) is 16.5 Å². The number of hydrogen-bond acceptors (Lipinski definition) is 7. The fraction of sp³-hybridized carbons (Fsp3) is 0.0667. The van der Waals surface area contributed by atoms with Crippen molar-refractivity contribution in [1.82, 2.24) is 39.2 Å². The lowest BCUT2D eigenvalue weighted by molar-refractivity contribution is 0.950. The van der Waals surface area contributed by atoms with Gasteiger partial charge in [-0.1, -0.05) is 17.4 Å². The van der Waals surface area contributed by atoms with Crippen molar-refractivity contribution >= 4 is 21.9 Å². The van der Waals surface area contributed by atoms with Crippen LogP contribution in [0.5, 0.6) is 0 Å². The Morgan fingerprint density at radius 2 is 2.08 bits per heavy atom. The highest BCUT2D eigenvalue weighted by atomic mass is 32.1. The average molecular weight is 334 g/mol. The molecule has 0 spiro atoms. The summed E-state index contributed by atoms with van der Waals surface area (Å²) in [5, 5.41) is 13.9. The number of aryl methyl sites for hydroxylation is 1. The highest BCUT2D eigenvalue weighted by Gasteiger charge is 2.20. The van der Waals surface area contributed by atoms with E-state index in [2.05, 4.69) is 30.2 Å². The number of aromatic nitrogens is 8. The van der Waals surface area contributed by atoms with Crippen LogP contribution in [0.25, 0.3) is 32.8 Å². The predicted octanol–water partition coefficient (Wildman–Crippen LogP) is 2.27. The molecule has 8 nitrogen and oxygen atoms in total. The largest absolute Gasteiger partial charge is 0.297 e. The molecule has 0 aliphatic carbocycles. The summed E-state index contributed by atoms with van der Waals surface area (Å²) >= 11 is 1.43. The van der Waals surface area contributed by atoms with Crippen LogP contribution in [0.4, 0.5) is 0 Å². The Balaban J connectivity index is 1.75. The Morgan fingerprint density at radius 1 is 1.12 bits per heavy atom. The molecule has 5 aromatic heterocycles. The molecule has 0 atom stereocenters. The molecule has 9 heteroatoms. The molecule has 0 saturated heterocycles. The second kappa shape index (κ2) is 4.90. The van der Waals surface area contributed by atoms with Gasteiger partial charge in [0.2, 0.25) is 10.8 Å². The summed E-state index contributed by atoms with van der Waals surface area (Å²) < 4.78 is 3.73. The SMILES string of the molecule is Cc1nc2ccccn2c1-c1nnc2sc(-c3cnccn3)nn12. The first-order valence-corrected chi connectivity index (χ1v) is 8.05. The number of rotatable bonds is 2. The van der Waals surface area contributed by atoms with E-state index in [4.69, 9.17) is 0 Å². The van der Waals surface area contributed by atoms with Gasteiger partial charge >= 0.3 is 0 Å². The number of imidazole rings is 1. The maximum atomic E-state index is 4.61. The van der Waals surface area contributed by atoms with E-state index in [0.717, 1.165) is 22.0 Å². The van der Waals surface area contributed by atoms with Crippen LogP contribution in [0.2, 0.25) is 0 Å². The van der Waals surface area contributed by atoms with Crippen molar-refractivity contribution in [1.29, 1.82) is 0 Å². The Bertz CT molecular complexity index is 1170. The number of hydrogen-bond donors (Lipinski definition) is 0. The standard InChI is InChI=1S/C15H10N8S/c1-9-12(22-7-3-2-4-11(22)18-9)13-19-20-15-23(13)21-14(24-15)10-8-16-5-6-17-10/h2-8H,1H3. The topological polar surface area (TPSA) is 86.2 Å². The minimum absolute atomic E-state index is 0.660. The van der Waals surface area contributed by atoms with Gasteiger partial charge in [0.25, 0.3) is 0 Å². The van der Waals surface area contributed by atoms with Gasteiger partial charge in [0.05, 0.1) is 11.9 Å². The fourth-order valence-electron chi connectivity index (χ4n) is 2.66. The van der Waals surface area contributed by atoms with E-state index in [1.807, 2.05) is 35.7 Å². The van der Waals surface area contributed by atoms with Crippen LogP contribution in [0.15, 0.2) is 43.0 Å². The molecule has 5 aromatic rings. The zero-order chi connectivity index (χ0) is 16.1. The highest BCUT2D eigenvalue weighted by molar-refractivity contribution is 7.19. The van der Waals surface area contributed by atoms with Crippen LogP contribution < -0.4 is 0 Å². The molecule has 0 aliphatic rings. The Labute approximate surface area is 139 Å². The van der Waals surface area contributed by atoms with Crippen molar-refractivity contribution in [2.24, 2.45) is 0 Å². The van der Waals surface area contributed by atoms with Crippen molar-refractivity contribution in [2.75, 3.05) is 0 Å². The summed E-state index contributed by atoms with van der Waals surface area (Å²) in [5.74, 6) is 0.660. The van der Waals surface area contributed by atoms with Gasteiger partial charge in [0.15, 0.2) is 5.01 Å². The molecule has 0 amide bonds. The molecule has 116 valence electrons. The van der Waals surface area contributed by atoms with E-state index in [9.17, 15) is 0 Å². The second-order valence-electron chi connectivity index (χ2n) is 5.19. The number of pyridine rings is 1. The first-order chi connectivity index (χ1) is 11.8. The zero-order valence-corrected chi connectivity index (χ0v) is 13.3. The molecule has 5 rings (SSSR count).